The molecule has 4 aliphatic rings. The van der Waals surface area contributed by atoms with Crippen LogP contribution in [0.3, 0.4) is 0 Å². The van der Waals surface area contributed by atoms with Crippen molar-refractivity contribution in [2.75, 3.05) is 13.1 Å². The van der Waals surface area contributed by atoms with Gasteiger partial charge in [0.25, 0.3) is 0 Å². The van der Waals surface area contributed by atoms with Gasteiger partial charge < -0.3 is 15.4 Å². The molecule has 0 spiro atoms. The molecule has 6 atom stereocenters. The third kappa shape index (κ3) is 4.59. The van der Waals surface area contributed by atoms with Gasteiger partial charge in [-0.2, -0.15) is 0 Å². The Hall–Kier alpha value is -1.85. The first-order valence-electron chi connectivity index (χ1n) is 12.9. The Morgan fingerprint density at radius 2 is 1.73 bits per heavy atom. The van der Waals surface area contributed by atoms with Crippen LogP contribution in [0.2, 0.25) is 0 Å². The number of alkyl carbamates (subject to hydrolysis) is 1. The van der Waals surface area contributed by atoms with Crippen molar-refractivity contribution in [1.82, 2.24) is 10.6 Å². The van der Waals surface area contributed by atoms with Gasteiger partial charge in [0.15, 0.2) is 5.78 Å². The Morgan fingerprint density at radius 1 is 1.00 bits per heavy atom. The van der Waals surface area contributed by atoms with Crippen LogP contribution < -0.4 is 10.6 Å². The SMILES string of the molecule is CC(C)(C)OC(=O)NCCNC(=O)[C@H]1CC[C@H]2[C@@H]3CCC4=CC(=O)CC[C@]4(C)[C@H]3CC[C@]12C. The van der Waals surface area contributed by atoms with E-state index in [-0.39, 0.29) is 22.7 Å². The van der Waals surface area contributed by atoms with E-state index in [0.717, 1.165) is 44.9 Å². The minimum atomic E-state index is -0.528. The van der Waals surface area contributed by atoms with E-state index in [1.807, 2.05) is 26.8 Å². The summed E-state index contributed by atoms with van der Waals surface area (Å²) in [6.07, 6.45) is 9.72. The van der Waals surface area contributed by atoms with Crippen molar-refractivity contribution in [2.24, 2.45) is 34.5 Å². The molecule has 0 heterocycles. The van der Waals surface area contributed by atoms with Gasteiger partial charge >= 0.3 is 6.09 Å². The average molecular weight is 459 g/mol. The number of hydrogen-bond donors (Lipinski definition) is 2. The molecular weight excluding hydrogens is 416 g/mol. The molecular formula is C27H42N2O4. The van der Waals surface area contributed by atoms with Crippen molar-refractivity contribution >= 4 is 17.8 Å². The summed E-state index contributed by atoms with van der Waals surface area (Å²) in [5.41, 5.74) is 1.09. The predicted octanol–water partition coefficient (Wildman–Crippen LogP) is 4.78. The fourth-order valence-electron chi connectivity index (χ4n) is 7.78. The fourth-order valence-corrected chi connectivity index (χ4v) is 7.78. The lowest BCUT2D eigenvalue weighted by Gasteiger charge is -2.58. The van der Waals surface area contributed by atoms with Crippen LogP contribution in [0.5, 0.6) is 0 Å². The number of fused-ring (bicyclic) bond motifs is 5. The smallest absolute Gasteiger partial charge is 0.407 e. The van der Waals surface area contributed by atoms with E-state index in [4.69, 9.17) is 4.74 Å². The van der Waals surface area contributed by atoms with Crippen LogP contribution in [0.1, 0.15) is 86.0 Å². The van der Waals surface area contributed by atoms with Gasteiger partial charge in [-0.05, 0) is 100 Å². The maximum atomic E-state index is 13.2. The molecule has 2 N–H and O–H groups in total. The van der Waals surface area contributed by atoms with Crippen LogP contribution >= 0.6 is 0 Å². The molecule has 4 aliphatic carbocycles. The van der Waals surface area contributed by atoms with Crippen molar-refractivity contribution in [3.63, 3.8) is 0 Å². The number of ketones is 1. The van der Waals surface area contributed by atoms with Gasteiger partial charge in [-0.1, -0.05) is 19.4 Å². The first kappa shape index (κ1) is 24.3. The topological polar surface area (TPSA) is 84.5 Å². The number of carbonyl (C=O) groups is 3. The molecule has 6 heteroatoms. The van der Waals surface area contributed by atoms with Crippen molar-refractivity contribution in [2.45, 2.75) is 91.6 Å². The second kappa shape index (κ2) is 8.74. The Bertz CT molecular complexity index is 844. The molecule has 0 aromatic heterocycles. The molecule has 184 valence electrons. The molecule has 0 aliphatic heterocycles. The molecule has 33 heavy (non-hydrogen) atoms. The Labute approximate surface area is 198 Å². The molecule has 6 nitrogen and oxygen atoms in total. The number of hydrogen-bond acceptors (Lipinski definition) is 4. The highest BCUT2D eigenvalue weighted by atomic mass is 16.6. The van der Waals surface area contributed by atoms with Crippen molar-refractivity contribution in [3.8, 4) is 0 Å². The van der Waals surface area contributed by atoms with E-state index >= 15 is 0 Å². The highest BCUT2D eigenvalue weighted by Crippen LogP contribution is 2.66. The van der Waals surface area contributed by atoms with Crippen LogP contribution in [0.4, 0.5) is 4.79 Å². The number of carbonyl (C=O) groups excluding carboxylic acids is 3. The maximum Gasteiger partial charge on any atom is 0.407 e. The molecule has 0 radical (unpaired) electrons. The van der Waals surface area contributed by atoms with Crippen molar-refractivity contribution in [3.05, 3.63) is 11.6 Å². The van der Waals surface area contributed by atoms with Crippen LogP contribution in [0.15, 0.2) is 11.6 Å². The molecule has 3 fully saturated rings. The summed E-state index contributed by atoms with van der Waals surface area (Å²) < 4.78 is 5.25. The van der Waals surface area contributed by atoms with Crippen LogP contribution in [-0.4, -0.2) is 36.5 Å². The lowest BCUT2D eigenvalue weighted by atomic mass is 9.47. The van der Waals surface area contributed by atoms with E-state index < -0.39 is 11.7 Å². The summed E-state index contributed by atoms with van der Waals surface area (Å²) in [6, 6.07) is 0. The number of allylic oxidation sites excluding steroid dienone is 1. The lowest BCUT2D eigenvalue weighted by molar-refractivity contribution is -0.132. The summed E-state index contributed by atoms with van der Waals surface area (Å²) in [4.78, 5) is 37.0. The van der Waals surface area contributed by atoms with Gasteiger partial charge in [-0.25, -0.2) is 4.79 Å². The maximum absolute atomic E-state index is 13.2. The zero-order valence-electron chi connectivity index (χ0n) is 21.1. The summed E-state index contributed by atoms with van der Waals surface area (Å²) >= 11 is 0. The monoisotopic (exact) mass is 458 g/mol. The second-order valence-corrected chi connectivity index (χ2v) is 12.4. The Kier molecular flexibility index (Phi) is 6.43. The standard InChI is InChI=1S/C27H42N2O4/c1-25(2,3)33-24(32)29-15-14-28-23(31)22-9-8-20-19-7-6-17-16-18(30)10-12-26(17,4)21(19)11-13-27(20,22)5/h16,19-22H,6-15H2,1-5H3,(H,28,31)(H,29,32)/t19-,20-,21-,22+,26-,27-/m0/s1. The van der Waals surface area contributed by atoms with Gasteiger partial charge in [0.1, 0.15) is 5.60 Å². The third-order valence-corrected chi connectivity index (χ3v) is 9.37. The largest absolute Gasteiger partial charge is 0.444 e. The van der Waals surface area contributed by atoms with Crippen LogP contribution in [-0.2, 0) is 14.3 Å². The zero-order valence-corrected chi connectivity index (χ0v) is 21.1. The molecule has 0 aromatic rings. The van der Waals surface area contributed by atoms with Crippen LogP contribution in [0, 0.1) is 34.5 Å². The summed E-state index contributed by atoms with van der Waals surface area (Å²) in [7, 11) is 0. The number of amides is 2. The molecule has 2 amide bonds. The first-order chi connectivity index (χ1) is 15.4. The zero-order chi connectivity index (χ0) is 24.0. The first-order valence-corrected chi connectivity index (χ1v) is 12.9. The van der Waals surface area contributed by atoms with Crippen LogP contribution in [0.25, 0.3) is 0 Å². The molecule has 0 unspecified atom stereocenters. The molecule has 4 rings (SSSR count). The van der Waals surface area contributed by atoms with Gasteiger partial charge in [0.05, 0.1) is 0 Å². The summed E-state index contributed by atoms with van der Waals surface area (Å²) in [6.45, 7) is 11.0. The fraction of sp³-hybridized carbons (Fsp3) is 0.815. The quantitative estimate of drug-likeness (QED) is 0.594. The van der Waals surface area contributed by atoms with E-state index in [9.17, 15) is 14.4 Å². The Morgan fingerprint density at radius 3 is 2.45 bits per heavy atom. The highest BCUT2D eigenvalue weighted by Gasteiger charge is 2.60. The Balaban J connectivity index is 1.35. The number of ether oxygens (including phenoxy) is 1. The molecule has 0 aromatic carbocycles. The lowest BCUT2D eigenvalue weighted by Crippen LogP contribution is -2.52. The van der Waals surface area contributed by atoms with E-state index in [1.54, 1.807) is 0 Å². The number of nitrogens with one attached hydrogen (secondary N) is 2. The normalized spacial score (nSPS) is 37.8. The van der Waals surface area contributed by atoms with Crippen molar-refractivity contribution < 1.29 is 19.1 Å². The number of rotatable bonds is 4. The summed E-state index contributed by atoms with van der Waals surface area (Å²) in [5, 5.41) is 5.79. The predicted molar refractivity (Wildman–Crippen MR) is 127 cm³/mol. The van der Waals surface area contributed by atoms with Gasteiger partial charge in [0, 0.05) is 25.4 Å². The van der Waals surface area contributed by atoms with E-state index in [0.29, 0.717) is 43.0 Å². The van der Waals surface area contributed by atoms with Gasteiger partial charge in [0.2, 0.25) is 5.91 Å². The van der Waals surface area contributed by atoms with E-state index in [1.165, 1.54) is 5.57 Å². The average Bonchev–Trinajstić information content (AvgIpc) is 3.07. The minimum absolute atomic E-state index is 0.0441. The molecule has 0 bridgehead atoms. The van der Waals surface area contributed by atoms with Gasteiger partial charge in [-0.3, -0.25) is 9.59 Å². The summed E-state index contributed by atoms with van der Waals surface area (Å²) in [5.74, 6) is 2.37. The second-order valence-electron chi connectivity index (χ2n) is 12.4. The van der Waals surface area contributed by atoms with E-state index in [2.05, 4.69) is 24.5 Å². The molecule has 0 saturated heterocycles. The third-order valence-electron chi connectivity index (χ3n) is 9.37. The minimum Gasteiger partial charge on any atom is -0.444 e. The van der Waals surface area contributed by atoms with Gasteiger partial charge in [-0.15, -0.1) is 0 Å². The molecule has 3 saturated carbocycles. The van der Waals surface area contributed by atoms with Crippen molar-refractivity contribution in [1.29, 1.82) is 0 Å². The highest BCUT2D eigenvalue weighted by molar-refractivity contribution is 5.91.